The summed E-state index contributed by atoms with van der Waals surface area (Å²) in [6.07, 6.45) is 0. The molecular formula is C18H19FN2O4. The summed E-state index contributed by atoms with van der Waals surface area (Å²) in [5, 5.41) is 3.01. The fraction of sp³-hybridized carbons (Fsp3) is 0.278. The number of fused-ring (bicyclic) bond motifs is 1. The molecule has 1 atom stereocenters. The van der Waals surface area contributed by atoms with E-state index in [9.17, 15) is 9.18 Å². The highest BCUT2D eigenvalue weighted by molar-refractivity contribution is 5.79. The second-order valence-corrected chi connectivity index (χ2v) is 5.67. The molecule has 1 aliphatic rings. The number of hydrogen-bond donors (Lipinski definition) is 2. The van der Waals surface area contributed by atoms with E-state index in [4.69, 9.17) is 19.9 Å². The minimum Gasteiger partial charge on any atom is -0.485 e. The average molecular weight is 346 g/mol. The molecule has 0 aliphatic carbocycles. The molecule has 1 aliphatic heterocycles. The van der Waals surface area contributed by atoms with Gasteiger partial charge in [0.1, 0.15) is 12.4 Å². The summed E-state index contributed by atoms with van der Waals surface area (Å²) in [7, 11) is 0. The van der Waals surface area contributed by atoms with Crippen LogP contribution in [0, 0.1) is 5.82 Å². The molecule has 6 nitrogen and oxygen atoms in total. The van der Waals surface area contributed by atoms with Gasteiger partial charge in [0, 0.05) is 17.7 Å². The van der Waals surface area contributed by atoms with E-state index in [-0.39, 0.29) is 19.2 Å². The monoisotopic (exact) mass is 346 g/mol. The maximum Gasteiger partial charge on any atom is 0.234 e. The Hall–Kier alpha value is -2.80. The molecule has 0 fully saturated rings. The molecule has 0 unspecified atom stereocenters. The normalized spacial score (nSPS) is 13.5. The number of nitrogens with one attached hydrogen (secondary N) is 1. The van der Waals surface area contributed by atoms with E-state index in [0.717, 1.165) is 5.56 Å². The number of carbonyl (C=O) groups is 1. The van der Waals surface area contributed by atoms with Crippen molar-refractivity contribution in [3.8, 4) is 17.2 Å². The van der Waals surface area contributed by atoms with Gasteiger partial charge in [0.2, 0.25) is 18.4 Å². The summed E-state index contributed by atoms with van der Waals surface area (Å²) in [4.78, 5) is 11.1. The molecule has 2 aromatic rings. The number of nitrogens with two attached hydrogens (primary N) is 1. The first-order valence-electron chi connectivity index (χ1n) is 7.86. The second-order valence-electron chi connectivity index (χ2n) is 5.67. The zero-order valence-corrected chi connectivity index (χ0v) is 13.8. The van der Waals surface area contributed by atoms with Crippen molar-refractivity contribution in [3.05, 3.63) is 53.3 Å². The molecule has 0 saturated heterocycles. The Morgan fingerprint density at radius 3 is 2.76 bits per heavy atom. The molecule has 0 bridgehead atoms. The lowest BCUT2D eigenvalue weighted by atomic mass is 10.1. The average Bonchev–Trinajstić information content (AvgIpc) is 3.09. The third kappa shape index (κ3) is 3.83. The molecule has 25 heavy (non-hydrogen) atoms. The summed E-state index contributed by atoms with van der Waals surface area (Å²) < 4.78 is 30.4. The number of primary amides is 1. The summed E-state index contributed by atoms with van der Waals surface area (Å²) in [5.41, 5.74) is 6.51. The SMILES string of the molecule is C[C@H](NCc1ccc(OCc2ccccc2F)c2c1OCO2)C(N)=O. The van der Waals surface area contributed by atoms with Crippen LogP contribution in [-0.4, -0.2) is 18.7 Å². The standard InChI is InChI=1S/C18H19FN2O4/c1-11(18(20)22)21-8-12-6-7-15(17-16(12)24-10-25-17)23-9-13-4-2-3-5-14(13)19/h2-7,11,21H,8-10H2,1H3,(H2,20,22)/t11-/m0/s1. The number of ether oxygens (including phenoxy) is 3. The molecule has 0 radical (unpaired) electrons. The van der Waals surface area contributed by atoms with Gasteiger partial charge in [-0.15, -0.1) is 0 Å². The Morgan fingerprint density at radius 1 is 1.24 bits per heavy atom. The molecule has 2 aromatic carbocycles. The van der Waals surface area contributed by atoms with Gasteiger partial charge in [0.25, 0.3) is 0 Å². The number of amides is 1. The van der Waals surface area contributed by atoms with Crippen molar-refractivity contribution in [2.45, 2.75) is 26.1 Å². The quantitative estimate of drug-likeness (QED) is 0.802. The highest BCUT2D eigenvalue weighted by atomic mass is 19.1. The predicted octanol–water partition coefficient (Wildman–Crippen LogP) is 2.10. The third-order valence-electron chi connectivity index (χ3n) is 3.93. The molecule has 1 heterocycles. The number of benzene rings is 2. The maximum absolute atomic E-state index is 13.7. The highest BCUT2D eigenvalue weighted by Crippen LogP contribution is 2.43. The number of carbonyl (C=O) groups excluding carboxylic acids is 1. The van der Waals surface area contributed by atoms with Crippen molar-refractivity contribution >= 4 is 5.91 Å². The molecule has 0 spiro atoms. The Balaban J connectivity index is 1.73. The van der Waals surface area contributed by atoms with E-state index in [1.54, 1.807) is 31.2 Å². The van der Waals surface area contributed by atoms with Crippen LogP contribution in [0.3, 0.4) is 0 Å². The lowest BCUT2D eigenvalue weighted by molar-refractivity contribution is -0.119. The molecule has 0 aromatic heterocycles. The van der Waals surface area contributed by atoms with Crippen molar-refractivity contribution in [1.29, 1.82) is 0 Å². The third-order valence-corrected chi connectivity index (χ3v) is 3.93. The van der Waals surface area contributed by atoms with E-state index in [0.29, 0.717) is 29.4 Å². The summed E-state index contributed by atoms with van der Waals surface area (Å²) in [6.45, 7) is 2.24. The zero-order valence-electron chi connectivity index (χ0n) is 13.8. The van der Waals surface area contributed by atoms with Gasteiger partial charge in [0.15, 0.2) is 11.5 Å². The fourth-order valence-corrected chi connectivity index (χ4v) is 2.42. The topological polar surface area (TPSA) is 82.8 Å². The highest BCUT2D eigenvalue weighted by Gasteiger charge is 2.23. The Morgan fingerprint density at radius 2 is 2.00 bits per heavy atom. The van der Waals surface area contributed by atoms with Crippen LogP contribution < -0.4 is 25.3 Å². The van der Waals surface area contributed by atoms with Crippen molar-refractivity contribution in [2.24, 2.45) is 5.73 Å². The van der Waals surface area contributed by atoms with Gasteiger partial charge in [0.05, 0.1) is 6.04 Å². The largest absolute Gasteiger partial charge is 0.485 e. The summed E-state index contributed by atoms with van der Waals surface area (Å²) in [5.74, 6) is 0.747. The van der Waals surface area contributed by atoms with Crippen LogP contribution >= 0.6 is 0 Å². The second kappa shape index (κ2) is 7.40. The van der Waals surface area contributed by atoms with Crippen LogP contribution in [0.25, 0.3) is 0 Å². The van der Waals surface area contributed by atoms with Gasteiger partial charge in [-0.2, -0.15) is 0 Å². The molecule has 0 saturated carbocycles. The molecule has 7 heteroatoms. The van der Waals surface area contributed by atoms with Crippen molar-refractivity contribution in [3.63, 3.8) is 0 Å². The molecule has 3 rings (SSSR count). The van der Waals surface area contributed by atoms with Crippen LogP contribution in [0.4, 0.5) is 4.39 Å². The first-order valence-corrected chi connectivity index (χ1v) is 7.86. The zero-order chi connectivity index (χ0) is 17.8. The Labute approximate surface area is 144 Å². The van der Waals surface area contributed by atoms with Crippen LogP contribution in [0.15, 0.2) is 36.4 Å². The number of hydrogen-bond acceptors (Lipinski definition) is 5. The van der Waals surface area contributed by atoms with Crippen LogP contribution in [0.1, 0.15) is 18.1 Å². The number of rotatable bonds is 7. The van der Waals surface area contributed by atoms with Gasteiger partial charge < -0.3 is 25.3 Å². The fourth-order valence-electron chi connectivity index (χ4n) is 2.42. The van der Waals surface area contributed by atoms with Gasteiger partial charge in [-0.25, -0.2) is 4.39 Å². The van der Waals surface area contributed by atoms with Crippen LogP contribution in [0.2, 0.25) is 0 Å². The van der Waals surface area contributed by atoms with Crippen LogP contribution in [-0.2, 0) is 17.9 Å². The summed E-state index contributed by atoms with van der Waals surface area (Å²) >= 11 is 0. The van der Waals surface area contributed by atoms with Gasteiger partial charge >= 0.3 is 0 Å². The Kier molecular flexibility index (Phi) is 5.04. The molecular weight excluding hydrogens is 327 g/mol. The smallest absolute Gasteiger partial charge is 0.234 e. The van der Waals surface area contributed by atoms with Crippen molar-refractivity contribution in [2.75, 3.05) is 6.79 Å². The first-order chi connectivity index (χ1) is 12.1. The summed E-state index contributed by atoms with van der Waals surface area (Å²) in [6, 6.07) is 9.51. The predicted molar refractivity (Wildman–Crippen MR) is 88.8 cm³/mol. The van der Waals surface area contributed by atoms with E-state index in [2.05, 4.69) is 5.32 Å². The van der Waals surface area contributed by atoms with Crippen molar-refractivity contribution in [1.82, 2.24) is 5.32 Å². The molecule has 132 valence electrons. The first kappa shape index (κ1) is 17.0. The molecule has 3 N–H and O–H groups in total. The van der Waals surface area contributed by atoms with E-state index in [1.165, 1.54) is 6.07 Å². The maximum atomic E-state index is 13.7. The number of halogens is 1. The van der Waals surface area contributed by atoms with Gasteiger partial charge in [-0.3, -0.25) is 4.79 Å². The van der Waals surface area contributed by atoms with Crippen molar-refractivity contribution < 1.29 is 23.4 Å². The van der Waals surface area contributed by atoms with E-state index < -0.39 is 11.9 Å². The molecule has 1 amide bonds. The minimum atomic E-state index is -0.463. The van der Waals surface area contributed by atoms with E-state index in [1.807, 2.05) is 6.07 Å². The van der Waals surface area contributed by atoms with Crippen LogP contribution in [0.5, 0.6) is 17.2 Å². The van der Waals surface area contributed by atoms with E-state index >= 15 is 0 Å². The minimum absolute atomic E-state index is 0.0772. The lowest BCUT2D eigenvalue weighted by Crippen LogP contribution is -2.38. The van der Waals surface area contributed by atoms with Gasteiger partial charge in [-0.05, 0) is 19.1 Å². The Bertz CT molecular complexity index is 782. The lowest BCUT2D eigenvalue weighted by Gasteiger charge is -2.14. The van der Waals surface area contributed by atoms with Gasteiger partial charge in [-0.1, -0.05) is 24.3 Å².